The number of benzene rings is 1. The number of piperidine rings is 1. The zero-order chi connectivity index (χ0) is 14.4. The SMILES string of the molecule is Cc1nc2ccc(CN(C)C3CC4CCC(C3)N4)cc2s1.Cl. The van der Waals surface area contributed by atoms with Gasteiger partial charge in [-0.2, -0.15) is 0 Å². The van der Waals surface area contributed by atoms with Gasteiger partial charge in [0.2, 0.25) is 0 Å². The van der Waals surface area contributed by atoms with Crippen LogP contribution < -0.4 is 5.32 Å². The van der Waals surface area contributed by atoms with Gasteiger partial charge >= 0.3 is 0 Å². The normalized spacial score (nSPS) is 27.3. The number of aryl methyl sites for hydroxylation is 1. The Morgan fingerprint density at radius 2 is 2.00 bits per heavy atom. The van der Waals surface area contributed by atoms with Crippen molar-refractivity contribution in [2.45, 2.75) is 57.3 Å². The van der Waals surface area contributed by atoms with E-state index in [9.17, 15) is 0 Å². The average Bonchev–Trinajstić information content (AvgIpc) is 2.99. The first-order valence-corrected chi connectivity index (χ1v) is 8.81. The lowest BCUT2D eigenvalue weighted by Gasteiger charge is -2.35. The molecule has 3 heterocycles. The smallest absolute Gasteiger partial charge is 0.0907 e. The van der Waals surface area contributed by atoms with Gasteiger partial charge in [-0.1, -0.05) is 6.07 Å². The fourth-order valence-corrected chi connectivity index (χ4v) is 4.88. The van der Waals surface area contributed by atoms with Gasteiger partial charge in [-0.15, -0.1) is 23.7 Å². The molecule has 0 radical (unpaired) electrons. The first-order chi connectivity index (χ1) is 10.2. The Morgan fingerprint density at radius 3 is 2.73 bits per heavy atom. The maximum atomic E-state index is 4.55. The second-order valence-corrected chi connectivity index (χ2v) is 7.95. The quantitative estimate of drug-likeness (QED) is 0.924. The molecule has 0 aliphatic carbocycles. The van der Waals surface area contributed by atoms with Crippen molar-refractivity contribution >= 4 is 34.0 Å². The summed E-state index contributed by atoms with van der Waals surface area (Å²) in [5.41, 5.74) is 2.56. The van der Waals surface area contributed by atoms with Crippen molar-refractivity contribution in [3.8, 4) is 0 Å². The van der Waals surface area contributed by atoms with Crippen LogP contribution >= 0.6 is 23.7 Å². The molecular weight excluding hydrogens is 314 g/mol. The third-order valence-electron chi connectivity index (χ3n) is 5.06. The Hall–Kier alpha value is -0.680. The zero-order valence-corrected chi connectivity index (χ0v) is 14.8. The maximum absolute atomic E-state index is 4.55. The zero-order valence-electron chi connectivity index (χ0n) is 13.2. The molecular formula is C17H24ClN3S. The van der Waals surface area contributed by atoms with Crippen molar-refractivity contribution in [3.05, 3.63) is 28.8 Å². The molecule has 2 unspecified atom stereocenters. The van der Waals surface area contributed by atoms with Gasteiger partial charge < -0.3 is 5.32 Å². The first kappa shape index (κ1) is 16.2. The van der Waals surface area contributed by atoms with E-state index in [1.165, 1.54) is 35.9 Å². The number of hydrogen-bond donors (Lipinski definition) is 1. The summed E-state index contributed by atoms with van der Waals surface area (Å²) in [6, 6.07) is 9.02. The van der Waals surface area contributed by atoms with E-state index in [0.29, 0.717) is 0 Å². The van der Waals surface area contributed by atoms with Crippen LogP contribution in [0.25, 0.3) is 10.2 Å². The van der Waals surface area contributed by atoms with Gasteiger partial charge in [0.05, 0.1) is 15.2 Å². The summed E-state index contributed by atoms with van der Waals surface area (Å²) in [6.45, 7) is 3.14. The van der Waals surface area contributed by atoms with Gasteiger partial charge in [-0.25, -0.2) is 4.98 Å². The second kappa shape index (κ2) is 6.44. The molecule has 1 aromatic carbocycles. The Morgan fingerprint density at radius 1 is 1.27 bits per heavy atom. The van der Waals surface area contributed by atoms with Crippen molar-refractivity contribution in [3.63, 3.8) is 0 Å². The van der Waals surface area contributed by atoms with Crippen LogP contribution in [0.3, 0.4) is 0 Å². The molecule has 2 aliphatic rings. The highest BCUT2D eigenvalue weighted by Crippen LogP contribution is 2.30. The number of hydrogen-bond acceptors (Lipinski definition) is 4. The lowest BCUT2D eigenvalue weighted by Crippen LogP contribution is -2.46. The largest absolute Gasteiger partial charge is 0.311 e. The van der Waals surface area contributed by atoms with Gasteiger partial charge in [-0.3, -0.25) is 4.90 Å². The average molecular weight is 338 g/mol. The summed E-state index contributed by atoms with van der Waals surface area (Å²) in [4.78, 5) is 7.10. The first-order valence-electron chi connectivity index (χ1n) is 8.00. The Balaban J connectivity index is 0.00000144. The van der Waals surface area contributed by atoms with E-state index in [1.807, 2.05) is 0 Å². The molecule has 0 spiro atoms. The fourth-order valence-electron chi connectivity index (χ4n) is 3.99. The highest BCUT2D eigenvalue weighted by atomic mass is 35.5. The number of aromatic nitrogens is 1. The van der Waals surface area contributed by atoms with E-state index < -0.39 is 0 Å². The number of halogens is 1. The molecule has 22 heavy (non-hydrogen) atoms. The summed E-state index contributed by atoms with van der Waals surface area (Å²) in [5.74, 6) is 0. The summed E-state index contributed by atoms with van der Waals surface area (Å²) in [5, 5.41) is 4.89. The van der Waals surface area contributed by atoms with Crippen molar-refractivity contribution in [2.24, 2.45) is 0 Å². The number of rotatable bonds is 3. The standard InChI is InChI=1S/C17H23N3S.ClH/c1-11-18-16-6-3-12(7-17(16)21-11)10-20(2)15-8-13-4-5-14(9-15)19-13;/h3,6-7,13-15,19H,4-5,8-10H2,1-2H3;1H. The van der Waals surface area contributed by atoms with Crippen molar-refractivity contribution < 1.29 is 0 Å². The molecule has 4 rings (SSSR count). The predicted molar refractivity (Wildman–Crippen MR) is 96.0 cm³/mol. The van der Waals surface area contributed by atoms with Crippen LogP contribution in [0.5, 0.6) is 0 Å². The molecule has 2 aromatic rings. The van der Waals surface area contributed by atoms with E-state index in [4.69, 9.17) is 0 Å². The van der Waals surface area contributed by atoms with E-state index >= 15 is 0 Å². The molecule has 2 bridgehead atoms. The van der Waals surface area contributed by atoms with Crippen LogP contribution in [0.2, 0.25) is 0 Å². The molecule has 1 N–H and O–H groups in total. The molecule has 2 fully saturated rings. The van der Waals surface area contributed by atoms with Crippen LogP contribution in [-0.2, 0) is 6.54 Å². The van der Waals surface area contributed by atoms with E-state index in [0.717, 1.165) is 35.2 Å². The highest BCUT2D eigenvalue weighted by Gasteiger charge is 2.34. The van der Waals surface area contributed by atoms with Crippen molar-refractivity contribution in [2.75, 3.05) is 7.05 Å². The van der Waals surface area contributed by atoms with Gasteiger partial charge in [-0.05, 0) is 57.4 Å². The molecule has 2 atom stereocenters. The van der Waals surface area contributed by atoms with Gasteiger partial charge in [0.15, 0.2) is 0 Å². The van der Waals surface area contributed by atoms with Crippen molar-refractivity contribution in [1.29, 1.82) is 0 Å². The molecule has 5 heteroatoms. The molecule has 2 aliphatic heterocycles. The third kappa shape index (κ3) is 3.16. The van der Waals surface area contributed by atoms with E-state index in [-0.39, 0.29) is 12.4 Å². The topological polar surface area (TPSA) is 28.2 Å². The minimum absolute atomic E-state index is 0. The molecule has 1 aromatic heterocycles. The summed E-state index contributed by atoms with van der Waals surface area (Å²) >= 11 is 1.80. The second-order valence-electron chi connectivity index (χ2n) is 6.71. The number of nitrogens with zero attached hydrogens (tertiary/aromatic N) is 2. The van der Waals surface area contributed by atoms with Crippen LogP contribution in [0, 0.1) is 6.92 Å². The van der Waals surface area contributed by atoms with Crippen molar-refractivity contribution in [1.82, 2.24) is 15.2 Å². The Kier molecular flexibility index (Phi) is 4.74. The number of thiazole rings is 1. The maximum Gasteiger partial charge on any atom is 0.0907 e. The van der Waals surface area contributed by atoms with Crippen LogP contribution in [0.15, 0.2) is 18.2 Å². The molecule has 2 saturated heterocycles. The molecule has 0 saturated carbocycles. The van der Waals surface area contributed by atoms with Crippen LogP contribution in [-0.4, -0.2) is 35.1 Å². The minimum atomic E-state index is 0. The van der Waals surface area contributed by atoms with Crippen LogP contribution in [0.4, 0.5) is 0 Å². The molecule has 3 nitrogen and oxygen atoms in total. The van der Waals surface area contributed by atoms with E-state index in [1.54, 1.807) is 11.3 Å². The van der Waals surface area contributed by atoms with E-state index in [2.05, 4.69) is 47.4 Å². The van der Waals surface area contributed by atoms with Gasteiger partial charge in [0.25, 0.3) is 0 Å². The fraction of sp³-hybridized carbons (Fsp3) is 0.588. The molecule has 120 valence electrons. The Labute approximate surface area is 142 Å². The predicted octanol–water partition coefficient (Wildman–Crippen LogP) is 3.74. The summed E-state index contributed by atoms with van der Waals surface area (Å²) < 4.78 is 1.32. The number of nitrogens with one attached hydrogen (secondary N) is 1. The lowest BCUT2D eigenvalue weighted by molar-refractivity contribution is 0.166. The summed E-state index contributed by atoms with van der Waals surface area (Å²) in [6.07, 6.45) is 5.38. The Bertz CT molecular complexity index is 644. The van der Waals surface area contributed by atoms with Gasteiger partial charge in [0.1, 0.15) is 0 Å². The lowest BCUT2D eigenvalue weighted by atomic mass is 9.98. The van der Waals surface area contributed by atoms with Crippen LogP contribution in [0.1, 0.15) is 36.3 Å². The minimum Gasteiger partial charge on any atom is -0.311 e. The molecule has 0 amide bonds. The summed E-state index contributed by atoms with van der Waals surface area (Å²) in [7, 11) is 2.29. The third-order valence-corrected chi connectivity index (χ3v) is 6.00. The monoisotopic (exact) mass is 337 g/mol. The van der Waals surface area contributed by atoms with Gasteiger partial charge in [0, 0.05) is 24.7 Å². The number of fused-ring (bicyclic) bond motifs is 3. The highest BCUT2D eigenvalue weighted by molar-refractivity contribution is 7.18.